The van der Waals surface area contributed by atoms with Crippen LogP contribution in [0.15, 0.2) is 0 Å². The molecule has 0 aromatic carbocycles. The van der Waals surface area contributed by atoms with E-state index in [-0.39, 0.29) is 5.91 Å². The van der Waals surface area contributed by atoms with Crippen LogP contribution in [0, 0.1) is 6.92 Å². The highest BCUT2D eigenvalue weighted by Gasteiger charge is 2.23. The number of aromatic amines is 1. The maximum atomic E-state index is 11.8. The number of carbonyl (C=O) groups excluding carboxylic acids is 1. The lowest BCUT2D eigenvalue weighted by molar-refractivity contribution is 0.0788. The number of carbonyl (C=O) groups is 1. The van der Waals surface area contributed by atoms with E-state index < -0.39 is 0 Å². The van der Waals surface area contributed by atoms with Gasteiger partial charge < -0.3 is 10.6 Å². The fourth-order valence-corrected chi connectivity index (χ4v) is 1.67. The number of H-pyrrole nitrogens is 1. The van der Waals surface area contributed by atoms with E-state index in [2.05, 4.69) is 10.2 Å². The van der Waals surface area contributed by atoms with Crippen molar-refractivity contribution in [2.24, 2.45) is 0 Å². The maximum Gasteiger partial charge on any atom is 0.276 e. The van der Waals surface area contributed by atoms with E-state index in [4.69, 9.17) is 5.73 Å². The highest BCUT2D eigenvalue weighted by atomic mass is 16.2. The lowest BCUT2D eigenvalue weighted by atomic mass is 10.3. The van der Waals surface area contributed by atoms with Gasteiger partial charge in [-0.2, -0.15) is 5.10 Å². The van der Waals surface area contributed by atoms with Gasteiger partial charge in [-0.3, -0.25) is 9.89 Å². The van der Waals surface area contributed by atoms with Gasteiger partial charge in [0.2, 0.25) is 0 Å². The van der Waals surface area contributed by atoms with Gasteiger partial charge in [0.15, 0.2) is 5.69 Å². The number of hydrogen-bond donors (Lipinski definition) is 2. The minimum absolute atomic E-state index is 0.0515. The van der Waals surface area contributed by atoms with E-state index in [1.165, 1.54) is 0 Å². The van der Waals surface area contributed by atoms with Crippen LogP contribution >= 0.6 is 0 Å². The number of nitrogen functional groups attached to an aromatic ring is 1. The van der Waals surface area contributed by atoms with Crippen molar-refractivity contribution in [3.8, 4) is 0 Å². The quantitative estimate of drug-likeness (QED) is 0.685. The Morgan fingerprint density at radius 3 is 2.64 bits per heavy atom. The smallest absolute Gasteiger partial charge is 0.276 e. The molecule has 1 fully saturated rings. The summed E-state index contributed by atoms with van der Waals surface area (Å²) >= 11 is 0. The molecule has 1 aliphatic heterocycles. The Balaban J connectivity index is 2.22. The average molecular weight is 194 g/mol. The van der Waals surface area contributed by atoms with Crippen LogP contribution in [-0.2, 0) is 0 Å². The van der Waals surface area contributed by atoms with Crippen LogP contribution in [0.25, 0.3) is 0 Å². The van der Waals surface area contributed by atoms with Crippen LogP contribution in [0.5, 0.6) is 0 Å². The third kappa shape index (κ3) is 1.34. The molecule has 0 atom stereocenters. The Hall–Kier alpha value is -1.52. The second-order valence-corrected chi connectivity index (χ2v) is 3.61. The highest BCUT2D eigenvalue weighted by Crippen LogP contribution is 2.17. The standard InChI is InChI=1S/C9H14N4O/c1-6-7(10)8(12-11-6)9(14)13-4-2-3-5-13/h2-5,10H2,1H3,(H,11,12). The van der Waals surface area contributed by atoms with Crippen LogP contribution in [-0.4, -0.2) is 34.1 Å². The monoisotopic (exact) mass is 194 g/mol. The van der Waals surface area contributed by atoms with E-state index in [9.17, 15) is 4.79 Å². The van der Waals surface area contributed by atoms with E-state index >= 15 is 0 Å². The minimum atomic E-state index is -0.0515. The van der Waals surface area contributed by atoms with Crippen molar-refractivity contribution in [1.82, 2.24) is 15.1 Å². The van der Waals surface area contributed by atoms with Crippen LogP contribution in [0.3, 0.4) is 0 Å². The van der Waals surface area contributed by atoms with Crippen molar-refractivity contribution in [2.75, 3.05) is 18.8 Å². The van der Waals surface area contributed by atoms with E-state index in [1.54, 1.807) is 4.90 Å². The van der Waals surface area contributed by atoms with Gasteiger partial charge in [0.05, 0.1) is 11.4 Å². The fourth-order valence-electron chi connectivity index (χ4n) is 1.67. The molecule has 2 rings (SSSR count). The summed E-state index contributed by atoms with van der Waals surface area (Å²) in [5, 5.41) is 6.64. The molecule has 0 radical (unpaired) electrons. The predicted molar refractivity (Wildman–Crippen MR) is 52.9 cm³/mol. The van der Waals surface area contributed by atoms with Crippen molar-refractivity contribution < 1.29 is 4.79 Å². The lowest BCUT2D eigenvalue weighted by Crippen LogP contribution is -2.28. The third-order valence-corrected chi connectivity index (χ3v) is 2.59. The number of aromatic nitrogens is 2. The fraction of sp³-hybridized carbons (Fsp3) is 0.556. The molecule has 0 spiro atoms. The average Bonchev–Trinajstić information content (AvgIpc) is 2.77. The summed E-state index contributed by atoms with van der Waals surface area (Å²) in [6, 6.07) is 0. The second-order valence-electron chi connectivity index (χ2n) is 3.61. The first kappa shape index (κ1) is 9.05. The van der Waals surface area contributed by atoms with Gasteiger partial charge >= 0.3 is 0 Å². The normalized spacial score (nSPS) is 16.2. The Labute approximate surface area is 82.3 Å². The lowest BCUT2D eigenvalue weighted by Gasteiger charge is -2.13. The topological polar surface area (TPSA) is 75.0 Å². The molecule has 14 heavy (non-hydrogen) atoms. The van der Waals surface area contributed by atoms with Gasteiger partial charge in [-0.25, -0.2) is 0 Å². The van der Waals surface area contributed by atoms with Crippen LogP contribution in [0.1, 0.15) is 29.0 Å². The van der Waals surface area contributed by atoms with Gasteiger partial charge in [-0.05, 0) is 19.8 Å². The Morgan fingerprint density at radius 1 is 1.50 bits per heavy atom. The van der Waals surface area contributed by atoms with Gasteiger partial charge in [-0.1, -0.05) is 0 Å². The number of anilines is 1. The van der Waals surface area contributed by atoms with E-state index in [1.807, 2.05) is 6.92 Å². The zero-order valence-electron chi connectivity index (χ0n) is 8.21. The second kappa shape index (κ2) is 3.32. The summed E-state index contributed by atoms with van der Waals surface area (Å²) < 4.78 is 0. The zero-order chi connectivity index (χ0) is 10.1. The third-order valence-electron chi connectivity index (χ3n) is 2.59. The molecular formula is C9H14N4O. The van der Waals surface area contributed by atoms with Crippen LogP contribution < -0.4 is 5.73 Å². The van der Waals surface area contributed by atoms with Crippen molar-refractivity contribution in [3.63, 3.8) is 0 Å². The van der Waals surface area contributed by atoms with Gasteiger partial charge in [0, 0.05) is 13.1 Å². The SMILES string of the molecule is Cc1[nH]nc(C(=O)N2CCCC2)c1N. The summed E-state index contributed by atoms with van der Waals surface area (Å²) in [5.74, 6) is -0.0515. The molecule has 5 nitrogen and oxygen atoms in total. The summed E-state index contributed by atoms with van der Waals surface area (Å²) in [5.41, 5.74) is 7.33. The largest absolute Gasteiger partial charge is 0.395 e. The number of amides is 1. The molecule has 3 N–H and O–H groups in total. The number of nitrogens with zero attached hydrogens (tertiary/aromatic N) is 2. The molecule has 76 valence electrons. The Bertz CT molecular complexity index is 352. The molecule has 2 heterocycles. The summed E-state index contributed by atoms with van der Waals surface area (Å²) in [6.45, 7) is 3.46. The molecule has 0 unspecified atom stereocenters. The number of rotatable bonds is 1. The van der Waals surface area contributed by atoms with Crippen molar-refractivity contribution >= 4 is 11.6 Å². The molecule has 1 aliphatic rings. The molecule has 1 aromatic heterocycles. The molecule has 5 heteroatoms. The van der Waals surface area contributed by atoms with Crippen LogP contribution in [0.2, 0.25) is 0 Å². The molecule has 0 aliphatic carbocycles. The van der Waals surface area contributed by atoms with E-state index in [0.29, 0.717) is 11.4 Å². The Morgan fingerprint density at radius 2 is 2.14 bits per heavy atom. The Kier molecular flexibility index (Phi) is 2.15. The maximum absolute atomic E-state index is 11.8. The summed E-state index contributed by atoms with van der Waals surface area (Å²) in [6.07, 6.45) is 2.16. The zero-order valence-corrected chi connectivity index (χ0v) is 8.21. The number of likely N-dealkylation sites (tertiary alicyclic amines) is 1. The molecule has 1 saturated heterocycles. The minimum Gasteiger partial charge on any atom is -0.395 e. The molecular weight excluding hydrogens is 180 g/mol. The first-order valence-corrected chi connectivity index (χ1v) is 4.80. The molecule has 0 bridgehead atoms. The molecule has 1 aromatic rings. The number of hydrogen-bond acceptors (Lipinski definition) is 3. The van der Waals surface area contributed by atoms with Gasteiger partial charge in [-0.15, -0.1) is 0 Å². The predicted octanol–water partition coefficient (Wildman–Crippen LogP) is 0.536. The van der Waals surface area contributed by atoms with Crippen molar-refractivity contribution in [2.45, 2.75) is 19.8 Å². The highest BCUT2D eigenvalue weighted by molar-refractivity contribution is 5.97. The van der Waals surface area contributed by atoms with Crippen molar-refractivity contribution in [3.05, 3.63) is 11.4 Å². The van der Waals surface area contributed by atoms with Gasteiger partial charge in [0.25, 0.3) is 5.91 Å². The number of aryl methyl sites for hydroxylation is 1. The first-order valence-electron chi connectivity index (χ1n) is 4.80. The summed E-state index contributed by atoms with van der Waals surface area (Å²) in [7, 11) is 0. The molecule has 1 amide bonds. The van der Waals surface area contributed by atoms with Gasteiger partial charge in [0.1, 0.15) is 0 Å². The van der Waals surface area contributed by atoms with E-state index in [0.717, 1.165) is 31.6 Å². The van der Waals surface area contributed by atoms with Crippen LogP contribution in [0.4, 0.5) is 5.69 Å². The summed E-state index contributed by atoms with van der Waals surface area (Å²) in [4.78, 5) is 13.6. The first-order chi connectivity index (χ1) is 6.70. The molecule has 0 saturated carbocycles. The van der Waals surface area contributed by atoms with Crippen molar-refractivity contribution in [1.29, 1.82) is 0 Å². The number of nitrogens with two attached hydrogens (primary N) is 1. The number of nitrogens with one attached hydrogen (secondary N) is 1.